The van der Waals surface area contributed by atoms with Crippen LogP contribution in [0.1, 0.15) is 33.1 Å². The van der Waals surface area contributed by atoms with Gasteiger partial charge >= 0.3 is 11.8 Å². The highest BCUT2D eigenvalue weighted by atomic mass is 16.2. The van der Waals surface area contributed by atoms with Crippen LogP contribution in [0.25, 0.3) is 0 Å². The van der Waals surface area contributed by atoms with Crippen molar-refractivity contribution in [1.29, 1.82) is 0 Å². The lowest BCUT2D eigenvalue weighted by Crippen LogP contribution is -2.47. The molecule has 5 nitrogen and oxygen atoms in total. The summed E-state index contributed by atoms with van der Waals surface area (Å²) in [7, 11) is 0. The van der Waals surface area contributed by atoms with E-state index >= 15 is 0 Å². The minimum Gasteiger partial charge on any atom is -0.346 e. The Morgan fingerprint density at radius 1 is 1.33 bits per heavy atom. The fraction of sp³-hybridized carbons (Fsp3) is 0.600. The topological polar surface area (TPSA) is 70.2 Å². The van der Waals surface area contributed by atoms with Gasteiger partial charge < -0.3 is 10.7 Å². The highest BCUT2D eigenvalue weighted by molar-refractivity contribution is 6.35. The maximum absolute atomic E-state index is 11.2. The van der Waals surface area contributed by atoms with E-state index in [2.05, 4.69) is 16.2 Å². The van der Waals surface area contributed by atoms with Gasteiger partial charge in [-0.2, -0.15) is 0 Å². The van der Waals surface area contributed by atoms with E-state index in [0.29, 0.717) is 0 Å². The summed E-state index contributed by atoms with van der Waals surface area (Å²) in [5, 5.41) is 2.51. The van der Waals surface area contributed by atoms with Crippen LogP contribution in [0.2, 0.25) is 0 Å². The molecule has 5 heteroatoms. The van der Waals surface area contributed by atoms with Crippen LogP contribution in [0.15, 0.2) is 11.8 Å². The molecule has 0 unspecified atom stereocenters. The smallest absolute Gasteiger partial charge is 0.327 e. The largest absolute Gasteiger partial charge is 0.346 e. The first-order valence-corrected chi connectivity index (χ1v) is 5.15. The van der Waals surface area contributed by atoms with E-state index in [-0.39, 0.29) is 6.04 Å². The van der Waals surface area contributed by atoms with Gasteiger partial charge in [-0.15, -0.1) is 0 Å². The molecule has 0 aliphatic heterocycles. The molecule has 0 aromatic carbocycles. The van der Waals surface area contributed by atoms with Crippen molar-refractivity contribution in [1.82, 2.24) is 16.2 Å². The predicted molar refractivity (Wildman–Crippen MR) is 56.5 cm³/mol. The fourth-order valence-electron chi connectivity index (χ4n) is 1.31. The van der Waals surface area contributed by atoms with E-state index in [0.717, 1.165) is 25.0 Å². The molecule has 0 spiro atoms. The van der Waals surface area contributed by atoms with Crippen LogP contribution in [0.4, 0.5) is 0 Å². The monoisotopic (exact) mass is 211 g/mol. The lowest BCUT2D eigenvalue weighted by molar-refractivity contribution is -0.140. The molecular weight excluding hydrogens is 194 g/mol. The van der Waals surface area contributed by atoms with Gasteiger partial charge in [-0.1, -0.05) is 6.08 Å². The Balaban J connectivity index is 2.26. The Kier molecular flexibility index (Phi) is 4.15. The molecule has 0 heterocycles. The molecule has 0 fully saturated rings. The van der Waals surface area contributed by atoms with E-state index in [1.165, 1.54) is 0 Å². The number of hydrogen-bond acceptors (Lipinski definition) is 3. The van der Waals surface area contributed by atoms with Crippen LogP contribution in [-0.4, -0.2) is 17.9 Å². The Morgan fingerprint density at radius 2 is 2.07 bits per heavy atom. The molecule has 3 N–H and O–H groups in total. The second-order valence-electron chi connectivity index (χ2n) is 3.83. The first-order valence-electron chi connectivity index (χ1n) is 5.15. The molecule has 0 atom stereocenters. The standard InChI is InChI=1S/C10H17N3O2/c1-7(2)11-9(14)10(15)13-12-8-5-3-4-6-8/h5,7,12H,3-4,6H2,1-2H3,(H,11,14)(H,13,15). The minimum atomic E-state index is -0.656. The van der Waals surface area contributed by atoms with Crippen molar-refractivity contribution in [2.45, 2.75) is 39.2 Å². The van der Waals surface area contributed by atoms with Crippen molar-refractivity contribution in [3.63, 3.8) is 0 Å². The van der Waals surface area contributed by atoms with Crippen molar-refractivity contribution in [2.24, 2.45) is 0 Å². The van der Waals surface area contributed by atoms with E-state index in [1.807, 2.05) is 6.08 Å². The zero-order chi connectivity index (χ0) is 11.3. The summed E-state index contributed by atoms with van der Waals surface area (Å²) in [6, 6.07) is -0.0334. The van der Waals surface area contributed by atoms with Crippen molar-refractivity contribution in [3.8, 4) is 0 Å². The fourth-order valence-corrected chi connectivity index (χ4v) is 1.31. The molecule has 15 heavy (non-hydrogen) atoms. The second kappa shape index (κ2) is 5.38. The van der Waals surface area contributed by atoms with Gasteiger partial charge in [0.25, 0.3) is 0 Å². The average molecular weight is 211 g/mol. The van der Waals surface area contributed by atoms with Gasteiger partial charge in [-0.25, -0.2) is 0 Å². The maximum atomic E-state index is 11.2. The number of nitrogens with one attached hydrogen (secondary N) is 3. The van der Waals surface area contributed by atoms with Crippen molar-refractivity contribution in [2.75, 3.05) is 0 Å². The summed E-state index contributed by atoms with van der Waals surface area (Å²) in [6.07, 6.45) is 5.06. The normalized spacial score (nSPS) is 14.7. The maximum Gasteiger partial charge on any atom is 0.327 e. The Labute approximate surface area is 89.3 Å². The number of carbonyl (C=O) groups excluding carboxylic acids is 2. The van der Waals surface area contributed by atoms with Gasteiger partial charge in [0.05, 0.1) is 0 Å². The zero-order valence-corrected chi connectivity index (χ0v) is 9.09. The Hall–Kier alpha value is -1.52. The van der Waals surface area contributed by atoms with Gasteiger partial charge in [0.2, 0.25) is 0 Å². The summed E-state index contributed by atoms with van der Waals surface area (Å²) in [6.45, 7) is 3.61. The molecule has 1 rings (SSSR count). The third-order valence-electron chi connectivity index (χ3n) is 2.00. The SMILES string of the molecule is CC(C)NC(=O)C(=O)NNC1=CCCC1. The third kappa shape index (κ3) is 4.01. The molecule has 0 radical (unpaired) electrons. The van der Waals surface area contributed by atoms with Crippen molar-refractivity contribution < 1.29 is 9.59 Å². The summed E-state index contributed by atoms with van der Waals surface area (Å²) >= 11 is 0. The zero-order valence-electron chi connectivity index (χ0n) is 9.09. The number of allylic oxidation sites excluding steroid dienone is 2. The van der Waals surface area contributed by atoms with Gasteiger partial charge in [0.1, 0.15) is 0 Å². The lowest BCUT2D eigenvalue weighted by Gasteiger charge is -2.10. The van der Waals surface area contributed by atoms with E-state index in [4.69, 9.17) is 0 Å². The summed E-state index contributed by atoms with van der Waals surface area (Å²) in [4.78, 5) is 22.4. The lowest BCUT2D eigenvalue weighted by atomic mass is 10.3. The molecule has 0 saturated heterocycles. The van der Waals surface area contributed by atoms with Gasteiger partial charge in [-0.05, 0) is 33.1 Å². The first kappa shape index (κ1) is 11.6. The molecule has 0 aromatic rings. The van der Waals surface area contributed by atoms with Crippen LogP contribution < -0.4 is 16.2 Å². The van der Waals surface area contributed by atoms with E-state index in [1.54, 1.807) is 13.8 Å². The highest BCUT2D eigenvalue weighted by Crippen LogP contribution is 2.13. The average Bonchev–Trinajstić information content (AvgIpc) is 2.65. The number of rotatable bonds is 3. The predicted octanol–water partition coefficient (Wildman–Crippen LogP) is 0.200. The van der Waals surface area contributed by atoms with Crippen LogP contribution in [0.5, 0.6) is 0 Å². The van der Waals surface area contributed by atoms with Gasteiger partial charge in [0.15, 0.2) is 0 Å². The molecular formula is C10H17N3O2. The number of amides is 2. The van der Waals surface area contributed by atoms with Crippen LogP contribution in [0.3, 0.4) is 0 Å². The summed E-state index contributed by atoms with van der Waals surface area (Å²) in [5.74, 6) is -1.27. The van der Waals surface area contributed by atoms with Crippen molar-refractivity contribution in [3.05, 3.63) is 11.8 Å². The number of hydrazine groups is 1. The minimum absolute atomic E-state index is 0.0334. The van der Waals surface area contributed by atoms with Gasteiger partial charge in [0, 0.05) is 11.7 Å². The Morgan fingerprint density at radius 3 is 2.60 bits per heavy atom. The van der Waals surface area contributed by atoms with E-state index < -0.39 is 11.8 Å². The van der Waals surface area contributed by atoms with Gasteiger partial charge in [-0.3, -0.25) is 15.0 Å². The molecule has 2 amide bonds. The molecule has 1 aliphatic carbocycles. The van der Waals surface area contributed by atoms with Crippen LogP contribution in [0, 0.1) is 0 Å². The number of carbonyl (C=O) groups is 2. The molecule has 0 bridgehead atoms. The molecule has 84 valence electrons. The number of hydrogen-bond donors (Lipinski definition) is 3. The highest BCUT2D eigenvalue weighted by Gasteiger charge is 2.14. The molecule has 0 aromatic heterocycles. The third-order valence-corrected chi connectivity index (χ3v) is 2.00. The van der Waals surface area contributed by atoms with Crippen molar-refractivity contribution >= 4 is 11.8 Å². The Bertz CT molecular complexity index is 284. The second-order valence-corrected chi connectivity index (χ2v) is 3.83. The van der Waals surface area contributed by atoms with Crippen LogP contribution >= 0.6 is 0 Å². The van der Waals surface area contributed by atoms with Crippen LogP contribution in [-0.2, 0) is 9.59 Å². The quantitative estimate of drug-likeness (QED) is 0.461. The van der Waals surface area contributed by atoms with E-state index in [9.17, 15) is 9.59 Å². The molecule has 1 aliphatic rings. The summed E-state index contributed by atoms with van der Waals surface area (Å²) < 4.78 is 0. The first-order chi connectivity index (χ1) is 7.09. The molecule has 0 saturated carbocycles. The summed E-state index contributed by atoms with van der Waals surface area (Å²) in [5.41, 5.74) is 6.07.